The zero-order chi connectivity index (χ0) is 20.7. The van der Waals surface area contributed by atoms with Crippen molar-refractivity contribution in [2.75, 3.05) is 26.7 Å². The molecule has 30 heavy (non-hydrogen) atoms. The number of ether oxygens (including phenoxy) is 2. The van der Waals surface area contributed by atoms with Gasteiger partial charge in [0.2, 0.25) is 5.72 Å². The van der Waals surface area contributed by atoms with E-state index in [4.69, 9.17) is 14.6 Å². The highest BCUT2D eigenvalue weighted by atomic mass is 16.5. The van der Waals surface area contributed by atoms with Crippen molar-refractivity contribution in [3.05, 3.63) is 53.6 Å². The van der Waals surface area contributed by atoms with Crippen LogP contribution in [0.25, 0.3) is 0 Å². The molecule has 0 saturated carbocycles. The first-order valence-electron chi connectivity index (χ1n) is 10.9. The lowest BCUT2D eigenvalue weighted by Crippen LogP contribution is -2.59. The molecule has 0 aromatic heterocycles. The van der Waals surface area contributed by atoms with E-state index in [1.807, 2.05) is 24.3 Å². The van der Waals surface area contributed by atoms with E-state index in [1.165, 1.54) is 6.42 Å². The number of para-hydroxylation sites is 1. The van der Waals surface area contributed by atoms with Crippen LogP contribution in [0.4, 0.5) is 0 Å². The third-order valence-electron chi connectivity index (χ3n) is 6.59. The van der Waals surface area contributed by atoms with Gasteiger partial charge < -0.3 is 19.5 Å². The van der Waals surface area contributed by atoms with Gasteiger partial charge in [-0.15, -0.1) is 0 Å². The third kappa shape index (κ3) is 3.10. The minimum absolute atomic E-state index is 0.130. The molecule has 1 N–H and O–H groups in total. The number of piperidine rings is 1. The topological polar surface area (TPSA) is 57.5 Å². The maximum absolute atomic E-state index is 9.67. The Hall–Kier alpha value is -2.73. The van der Waals surface area contributed by atoms with Gasteiger partial charge in [-0.3, -0.25) is 0 Å². The van der Waals surface area contributed by atoms with Crippen LogP contribution in [0.1, 0.15) is 49.8 Å². The van der Waals surface area contributed by atoms with Crippen LogP contribution < -0.4 is 9.47 Å². The summed E-state index contributed by atoms with van der Waals surface area (Å²) in [6.07, 6.45) is 3.80. The summed E-state index contributed by atoms with van der Waals surface area (Å²) in [6, 6.07) is 13.6. The number of fused-ring (bicyclic) bond motifs is 4. The highest BCUT2D eigenvalue weighted by Crippen LogP contribution is 2.52. The molecule has 1 spiro atoms. The van der Waals surface area contributed by atoms with Gasteiger partial charge in [0.15, 0.2) is 11.5 Å². The first-order valence-corrected chi connectivity index (χ1v) is 10.9. The quantitative estimate of drug-likeness (QED) is 0.825. The first kappa shape index (κ1) is 19.2. The molecule has 2 aromatic carbocycles. The molecule has 158 valence electrons. The normalized spacial score (nSPS) is 22.3. The van der Waals surface area contributed by atoms with Gasteiger partial charge in [-0.05, 0) is 48.9 Å². The molecule has 1 atom stereocenters. The summed E-state index contributed by atoms with van der Waals surface area (Å²) in [5.74, 6) is 1.93. The van der Waals surface area contributed by atoms with Gasteiger partial charge in [0.25, 0.3) is 0 Å². The van der Waals surface area contributed by atoms with E-state index in [2.05, 4.69) is 22.9 Å². The SMILES string of the molecule is CCCN1CCC2(CC1)Oc1c(OC)cccc1[C@@H]1CC(c3ccc(O)cc3)=NN12. The van der Waals surface area contributed by atoms with Gasteiger partial charge >= 0.3 is 0 Å². The van der Waals surface area contributed by atoms with Crippen molar-refractivity contribution >= 4 is 5.71 Å². The van der Waals surface area contributed by atoms with E-state index in [1.54, 1.807) is 19.2 Å². The highest BCUT2D eigenvalue weighted by Gasteiger charge is 2.52. The van der Waals surface area contributed by atoms with Crippen LogP contribution in [0.15, 0.2) is 47.6 Å². The fourth-order valence-electron chi connectivity index (χ4n) is 5.03. The fraction of sp³-hybridized carbons (Fsp3) is 0.458. The second kappa shape index (κ2) is 7.51. The Morgan fingerprint density at radius 2 is 1.93 bits per heavy atom. The van der Waals surface area contributed by atoms with Crippen LogP contribution in [-0.4, -0.2) is 53.2 Å². The van der Waals surface area contributed by atoms with Gasteiger partial charge in [0.05, 0.1) is 18.9 Å². The average molecular weight is 408 g/mol. The van der Waals surface area contributed by atoms with E-state index >= 15 is 0 Å². The summed E-state index contributed by atoms with van der Waals surface area (Å²) >= 11 is 0. The Morgan fingerprint density at radius 3 is 2.63 bits per heavy atom. The van der Waals surface area contributed by atoms with Crippen LogP contribution in [0.3, 0.4) is 0 Å². The van der Waals surface area contributed by atoms with Crippen molar-refractivity contribution in [3.8, 4) is 17.2 Å². The van der Waals surface area contributed by atoms with Crippen LogP contribution in [0.5, 0.6) is 17.2 Å². The average Bonchev–Trinajstić information content (AvgIpc) is 3.23. The molecule has 5 rings (SSSR count). The minimum Gasteiger partial charge on any atom is -0.508 e. The number of benzene rings is 2. The Bertz CT molecular complexity index is 949. The van der Waals surface area contributed by atoms with Gasteiger partial charge in [0.1, 0.15) is 5.75 Å². The summed E-state index contributed by atoms with van der Waals surface area (Å²) in [5, 5.41) is 17.0. The molecule has 0 unspecified atom stereocenters. The largest absolute Gasteiger partial charge is 0.508 e. The monoisotopic (exact) mass is 407 g/mol. The van der Waals surface area contributed by atoms with Gasteiger partial charge in [-0.25, -0.2) is 5.01 Å². The Morgan fingerprint density at radius 1 is 1.17 bits per heavy atom. The Balaban J connectivity index is 1.54. The molecule has 0 amide bonds. The van der Waals surface area contributed by atoms with Crippen molar-refractivity contribution < 1.29 is 14.6 Å². The lowest BCUT2D eigenvalue weighted by molar-refractivity contribution is -0.150. The number of aromatic hydroxyl groups is 1. The zero-order valence-electron chi connectivity index (χ0n) is 17.7. The molecule has 1 fully saturated rings. The smallest absolute Gasteiger partial charge is 0.200 e. The number of rotatable bonds is 4. The number of hydrogen-bond donors (Lipinski definition) is 1. The van der Waals surface area contributed by atoms with Crippen LogP contribution in [-0.2, 0) is 0 Å². The molecule has 1 saturated heterocycles. The number of phenols is 1. The number of phenolic OH excluding ortho intramolecular Hbond substituents is 1. The number of hydrogen-bond acceptors (Lipinski definition) is 6. The Kier molecular flexibility index (Phi) is 4.82. The summed E-state index contributed by atoms with van der Waals surface area (Å²) in [7, 11) is 1.70. The van der Waals surface area contributed by atoms with Crippen LogP contribution >= 0.6 is 0 Å². The van der Waals surface area contributed by atoms with Crippen molar-refractivity contribution in [1.29, 1.82) is 0 Å². The predicted octanol–water partition coefficient (Wildman–Crippen LogP) is 4.15. The van der Waals surface area contributed by atoms with Gasteiger partial charge in [-0.2, -0.15) is 5.10 Å². The number of likely N-dealkylation sites (tertiary alicyclic amines) is 1. The van der Waals surface area contributed by atoms with Crippen molar-refractivity contribution in [2.45, 2.75) is 44.4 Å². The number of nitrogens with zero attached hydrogens (tertiary/aromatic N) is 3. The fourth-order valence-corrected chi connectivity index (χ4v) is 5.03. The van der Waals surface area contributed by atoms with E-state index in [0.717, 1.165) is 67.2 Å². The standard InChI is InChI=1S/C24H29N3O3/c1-3-13-26-14-11-24(12-15-26)27-21(19-5-4-6-22(29-2)23(19)30-24)16-20(25-27)17-7-9-18(28)10-8-17/h4-10,21,28H,3,11-16H2,1-2H3/t21-/m0/s1. The molecule has 6 nitrogen and oxygen atoms in total. The molecule has 3 aliphatic rings. The van der Waals surface area contributed by atoms with E-state index in [-0.39, 0.29) is 11.8 Å². The molecular formula is C24H29N3O3. The number of methoxy groups -OCH3 is 1. The van der Waals surface area contributed by atoms with Gasteiger partial charge in [-0.1, -0.05) is 19.1 Å². The summed E-state index contributed by atoms with van der Waals surface area (Å²) < 4.78 is 12.4. The number of hydrazone groups is 1. The van der Waals surface area contributed by atoms with Crippen molar-refractivity contribution in [1.82, 2.24) is 9.91 Å². The molecule has 2 aromatic rings. The van der Waals surface area contributed by atoms with Crippen molar-refractivity contribution in [2.24, 2.45) is 5.10 Å². The minimum atomic E-state index is -0.449. The molecule has 6 heteroatoms. The lowest BCUT2D eigenvalue weighted by Gasteiger charge is -2.51. The van der Waals surface area contributed by atoms with Gasteiger partial charge in [0, 0.05) is 37.9 Å². The molecule has 0 radical (unpaired) electrons. The first-order chi connectivity index (χ1) is 14.6. The molecule has 3 heterocycles. The lowest BCUT2D eigenvalue weighted by atomic mass is 9.90. The summed E-state index contributed by atoms with van der Waals surface area (Å²) in [6.45, 7) is 5.37. The Labute approximate surface area is 177 Å². The van der Waals surface area contributed by atoms with Crippen LogP contribution in [0, 0.1) is 0 Å². The maximum atomic E-state index is 9.67. The summed E-state index contributed by atoms with van der Waals surface area (Å²) in [5.41, 5.74) is 2.77. The summed E-state index contributed by atoms with van der Waals surface area (Å²) in [4.78, 5) is 2.52. The predicted molar refractivity (Wildman–Crippen MR) is 116 cm³/mol. The van der Waals surface area contributed by atoms with Crippen LogP contribution in [0.2, 0.25) is 0 Å². The van der Waals surface area contributed by atoms with E-state index in [0.29, 0.717) is 0 Å². The molecule has 3 aliphatic heterocycles. The van der Waals surface area contributed by atoms with Crippen molar-refractivity contribution in [3.63, 3.8) is 0 Å². The second-order valence-electron chi connectivity index (χ2n) is 8.43. The third-order valence-corrected chi connectivity index (χ3v) is 6.59. The molecule has 0 aliphatic carbocycles. The maximum Gasteiger partial charge on any atom is 0.200 e. The molecule has 0 bridgehead atoms. The highest BCUT2D eigenvalue weighted by molar-refractivity contribution is 6.02. The second-order valence-corrected chi connectivity index (χ2v) is 8.43. The van der Waals surface area contributed by atoms with E-state index < -0.39 is 5.72 Å². The van der Waals surface area contributed by atoms with E-state index in [9.17, 15) is 5.11 Å². The molecular weight excluding hydrogens is 378 g/mol. The zero-order valence-corrected chi connectivity index (χ0v) is 17.7.